The third kappa shape index (κ3) is 5.57. The topological polar surface area (TPSA) is 61.8 Å². The van der Waals surface area contributed by atoms with E-state index in [4.69, 9.17) is 10.9 Å². The maximum atomic E-state index is 12.1. The monoisotopic (exact) mass is 267 g/mol. The van der Waals surface area contributed by atoms with Gasteiger partial charge in [0, 0.05) is 12.5 Å². The lowest BCUT2D eigenvalue weighted by Crippen LogP contribution is -2.41. The maximum absolute atomic E-state index is 12.1. The molecule has 18 heavy (non-hydrogen) atoms. The Kier molecular flexibility index (Phi) is 5.71. The molecular weight excluding hydrogens is 247 g/mol. The fourth-order valence-electron chi connectivity index (χ4n) is 2.38. The molecule has 1 fully saturated rings. The minimum atomic E-state index is -4.11. The highest BCUT2D eigenvalue weighted by Crippen LogP contribution is 2.25. The van der Waals surface area contributed by atoms with Crippen LogP contribution in [0.15, 0.2) is 5.16 Å². The van der Waals surface area contributed by atoms with E-state index in [9.17, 15) is 13.2 Å². The first-order valence-electron chi connectivity index (χ1n) is 6.19. The molecule has 106 valence electrons. The largest absolute Gasteiger partial charge is 0.409 e. The summed E-state index contributed by atoms with van der Waals surface area (Å²) < 4.78 is 36.3. The first kappa shape index (κ1) is 15.1. The van der Waals surface area contributed by atoms with Crippen molar-refractivity contribution in [2.24, 2.45) is 10.9 Å². The Morgan fingerprint density at radius 1 is 1.33 bits per heavy atom. The van der Waals surface area contributed by atoms with Crippen molar-refractivity contribution in [3.05, 3.63) is 0 Å². The zero-order valence-electron chi connectivity index (χ0n) is 10.3. The summed E-state index contributed by atoms with van der Waals surface area (Å²) in [7, 11) is 0. The quantitative estimate of drug-likeness (QED) is 0.336. The van der Waals surface area contributed by atoms with Gasteiger partial charge in [-0.3, -0.25) is 4.90 Å². The van der Waals surface area contributed by atoms with Crippen LogP contribution in [0.1, 0.15) is 38.5 Å². The number of nitrogens with two attached hydrogens (primary N) is 1. The normalized spacial score (nSPS) is 18.8. The Morgan fingerprint density at radius 3 is 2.44 bits per heavy atom. The van der Waals surface area contributed by atoms with Crippen molar-refractivity contribution in [3.63, 3.8) is 0 Å². The molecular formula is C11H20F3N3O. The SMILES string of the molecule is NC(CN(CCCC(F)(F)F)C1CCCC1)=NO. The van der Waals surface area contributed by atoms with Gasteiger partial charge in [0.25, 0.3) is 0 Å². The number of alkyl halides is 3. The highest BCUT2D eigenvalue weighted by molar-refractivity contribution is 5.81. The Labute approximate surface area is 105 Å². The van der Waals surface area contributed by atoms with Gasteiger partial charge in [0.05, 0.1) is 6.54 Å². The molecule has 0 aliphatic heterocycles. The van der Waals surface area contributed by atoms with E-state index < -0.39 is 12.6 Å². The molecule has 3 N–H and O–H groups in total. The van der Waals surface area contributed by atoms with Crippen molar-refractivity contribution in [2.75, 3.05) is 13.1 Å². The number of hydrogen-bond acceptors (Lipinski definition) is 3. The van der Waals surface area contributed by atoms with Gasteiger partial charge in [0.1, 0.15) is 0 Å². The van der Waals surface area contributed by atoms with Crippen LogP contribution in [0.2, 0.25) is 0 Å². The lowest BCUT2D eigenvalue weighted by Gasteiger charge is -2.28. The molecule has 0 radical (unpaired) electrons. The molecule has 0 bridgehead atoms. The molecule has 1 aliphatic rings. The molecule has 0 heterocycles. The van der Waals surface area contributed by atoms with Crippen molar-refractivity contribution in [2.45, 2.75) is 50.7 Å². The van der Waals surface area contributed by atoms with Crippen LogP contribution in [0.3, 0.4) is 0 Å². The predicted octanol–water partition coefficient (Wildman–Crippen LogP) is 2.32. The highest BCUT2D eigenvalue weighted by Gasteiger charge is 2.28. The van der Waals surface area contributed by atoms with Crippen molar-refractivity contribution in [3.8, 4) is 0 Å². The summed E-state index contributed by atoms with van der Waals surface area (Å²) in [6.45, 7) is 0.569. The first-order valence-corrected chi connectivity index (χ1v) is 6.19. The highest BCUT2D eigenvalue weighted by atomic mass is 19.4. The van der Waals surface area contributed by atoms with Crippen molar-refractivity contribution >= 4 is 5.84 Å². The summed E-state index contributed by atoms with van der Waals surface area (Å²) in [5, 5.41) is 11.4. The third-order valence-corrected chi connectivity index (χ3v) is 3.24. The zero-order chi connectivity index (χ0) is 13.6. The van der Waals surface area contributed by atoms with Gasteiger partial charge in [0.15, 0.2) is 5.84 Å². The van der Waals surface area contributed by atoms with Gasteiger partial charge in [-0.15, -0.1) is 0 Å². The maximum Gasteiger partial charge on any atom is 0.389 e. The molecule has 0 aromatic carbocycles. The first-order chi connectivity index (χ1) is 8.42. The van der Waals surface area contributed by atoms with E-state index >= 15 is 0 Å². The van der Waals surface area contributed by atoms with Gasteiger partial charge in [-0.1, -0.05) is 18.0 Å². The molecule has 1 saturated carbocycles. The smallest absolute Gasteiger partial charge is 0.389 e. The molecule has 0 saturated heterocycles. The van der Waals surface area contributed by atoms with Gasteiger partial charge in [-0.2, -0.15) is 13.2 Å². The second kappa shape index (κ2) is 6.82. The molecule has 7 heteroatoms. The summed E-state index contributed by atoms with van der Waals surface area (Å²) >= 11 is 0. The fraction of sp³-hybridized carbons (Fsp3) is 0.909. The molecule has 1 aliphatic carbocycles. The van der Waals surface area contributed by atoms with Crippen LogP contribution in [-0.4, -0.2) is 41.3 Å². The molecule has 0 unspecified atom stereocenters. The summed E-state index contributed by atoms with van der Waals surface area (Å²) in [6.07, 6.45) is -0.703. The summed E-state index contributed by atoms with van der Waals surface area (Å²) in [6, 6.07) is 0.263. The lowest BCUT2D eigenvalue weighted by molar-refractivity contribution is -0.136. The standard InChI is InChI=1S/C11H20F3N3O/c12-11(13,14)6-3-7-17(8-10(15)16-18)9-4-1-2-5-9/h9,18H,1-8H2,(H2,15,16). The average Bonchev–Trinajstić information content (AvgIpc) is 2.79. The Morgan fingerprint density at radius 2 is 1.94 bits per heavy atom. The van der Waals surface area contributed by atoms with Gasteiger partial charge < -0.3 is 10.9 Å². The minimum absolute atomic E-state index is 0.0499. The van der Waals surface area contributed by atoms with E-state index in [1.165, 1.54) is 0 Å². The molecule has 0 aromatic heterocycles. The van der Waals surface area contributed by atoms with Crippen LogP contribution in [0.25, 0.3) is 0 Å². The van der Waals surface area contributed by atoms with E-state index in [0.29, 0.717) is 6.54 Å². The van der Waals surface area contributed by atoms with Gasteiger partial charge in [0.2, 0.25) is 0 Å². The van der Waals surface area contributed by atoms with Gasteiger partial charge in [-0.05, 0) is 25.8 Å². The number of hydrogen-bond donors (Lipinski definition) is 2. The van der Waals surface area contributed by atoms with Crippen molar-refractivity contribution in [1.82, 2.24) is 4.90 Å². The van der Waals surface area contributed by atoms with Gasteiger partial charge >= 0.3 is 6.18 Å². The second-order valence-corrected chi connectivity index (χ2v) is 4.72. The summed E-state index contributed by atoms with van der Waals surface area (Å²) in [5.74, 6) is 0.0499. The predicted molar refractivity (Wildman–Crippen MR) is 62.5 cm³/mol. The molecule has 0 amide bonds. The number of halogens is 3. The fourth-order valence-corrected chi connectivity index (χ4v) is 2.38. The van der Waals surface area contributed by atoms with Crippen LogP contribution >= 0.6 is 0 Å². The van der Waals surface area contributed by atoms with Crippen LogP contribution in [0, 0.1) is 0 Å². The second-order valence-electron chi connectivity index (χ2n) is 4.72. The molecule has 0 atom stereocenters. The van der Waals surface area contributed by atoms with Crippen molar-refractivity contribution in [1.29, 1.82) is 0 Å². The molecule has 1 rings (SSSR count). The van der Waals surface area contributed by atoms with E-state index in [1.807, 2.05) is 4.90 Å². The molecule has 0 spiro atoms. The van der Waals surface area contributed by atoms with E-state index in [2.05, 4.69) is 5.16 Å². The lowest BCUT2D eigenvalue weighted by atomic mass is 10.2. The number of oxime groups is 1. The Balaban J connectivity index is 2.44. The number of nitrogens with zero attached hydrogens (tertiary/aromatic N) is 2. The number of rotatable bonds is 6. The van der Waals surface area contributed by atoms with E-state index in [-0.39, 0.29) is 24.8 Å². The van der Waals surface area contributed by atoms with Crippen LogP contribution in [-0.2, 0) is 0 Å². The van der Waals surface area contributed by atoms with E-state index in [0.717, 1.165) is 25.7 Å². The Hall–Kier alpha value is -0.980. The van der Waals surface area contributed by atoms with Crippen LogP contribution in [0.5, 0.6) is 0 Å². The van der Waals surface area contributed by atoms with Crippen molar-refractivity contribution < 1.29 is 18.4 Å². The third-order valence-electron chi connectivity index (χ3n) is 3.24. The van der Waals surface area contributed by atoms with E-state index in [1.54, 1.807) is 0 Å². The Bertz CT molecular complexity index is 275. The zero-order valence-corrected chi connectivity index (χ0v) is 10.3. The average molecular weight is 267 g/mol. The van der Waals surface area contributed by atoms with Gasteiger partial charge in [-0.25, -0.2) is 0 Å². The van der Waals surface area contributed by atoms with Crippen LogP contribution < -0.4 is 5.73 Å². The molecule has 4 nitrogen and oxygen atoms in total. The minimum Gasteiger partial charge on any atom is -0.409 e. The number of amidine groups is 1. The summed E-state index contributed by atoms with van der Waals surface area (Å²) in [5.41, 5.74) is 5.44. The van der Waals surface area contributed by atoms with Crippen LogP contribution in [0.4, 0.5) is 13.2 Å². The molecule has 0 aromatic rings. The summed E-state index contributed by atoms with van der Waals surface area (Å²) in [4.78, 5) is 1.90.